The third-order valence-electron chi connectivity index (χ3n) is 4.70. The van der Waals surface area contributed by atoms with E-state index in [4.69, 9.17) is 0 Å². The number of aromatic hydroxyl groups is 1. The second-order valence-electron chi connectivity index (χ2n) is 6.48. The lowest BCUT2D eigenvalue weighted by Crippen LogP contribution is -3.00. The Balaban J connectivity index is 0.00000225. The first-order valence-electron chi connectivity index (χ1n) is 8.42. The van der Waals surface area contributed by atoms with Gasteiger partial charge in [0.25, 0.3) is 0 Å². The molecule has 0 bridgehead atoms. The number of fused-ring (bicyclic) bond motifs is 1. The number of nitrogens with two attached hydrogens (primary N) is 1. The molecule has 3 aromatic rings. The van der Waals surface area contributed by atoms with Gasteiger partial charge in [0.2, 0.25) is 0 Å². The first-order valence-corrected chi connectivity index (χ1v) is 8.42. The zero-order chi connectivity index (χ0) is 17.1. The summed E-state index contributed by atoms with van der Waals surface area (Å²) in [6.07, 6.45) is 2.41. The van der Waals surface area contributed by atoms with Crippen LogP contribution in [0.15, 0.2) is 48.7 Å². The monoisotopic (exact) mass is 360 g/mol. The summed E-state index contributed by atoms with van der Waals surface area (Å²) in [4.78, 5) is 3.30. The fourth-order valence-corrected chi connectivity index (χ4v) is 3.08. The summed E-state index contributed by atoms with van der Waals surface area (Å²) in [6.45, 7) is 4.76. The van der Waals surface area contributed by atoms with E-state index in [1.54, 1.807) is 6.07 Å². The van der Waals surface area contributed by atoms with Crippen molar-refractivity contribution < 1.29 is 27.9 Å². The number of aromatic nitrogens is 1. The van der Waals surface area contributed by atoms with Gasteiger partial charge in [0, 0.05) is 23.5 Å². The fourth-order valence-electron chi connectivity index (χ4n) is 3.08. The number of para-hydroxylation sites is 1. The number of aromatic amines is 1. The molecule has 134 valence electrons. The van der Waals surface area contributed by atoms with Crippen molar-refractivity contribution in [2.45, 2.75) is 32.4 Å². The highest BCUT2D eigenvalue weighted by atomic mass is 35.5. The number of aliphatic hydroxyl groups excluding tert-OH is 1. The highest BCUT2D eigenvalue weighted by Crippen LogP contribution is 2.23. The van der Waals surface area contributed by atoms with Crippen molar-refractivity contribution in [3.8, 4) is 5.75 Å². The lowest BCUT2D eigenvalue weighted by Gasteiger charge is -2.18. The van der Waals surface area contributed by atoms with Crippen molar-refractivity contribution in [1.29, 1.82) is 0 Å². The predicted octanol–water partition coefficient (Wildman–Crippen LogP) is -0.586. The summed E-state index contributed by atoms with van der Waals surface area (Å²) < 4.78 is 0. The van der Waals surface area contributed by atoms with Gasteiger partial charge in [-0.2, -0.15) is 0 Å². The Kier molecular flexibility index (Phi) is 6.48. The van der Waals surface area contributed by atoms with Gasteiger partial charge in [0.05, 0.1) is 6.54 Å². The second kappa shape index (κ2) is 8.39. The molecule has 0 saturated heterocycles. The van der Waals surface area contributed by atoms with E-state index in [0.29, 0.717) is 0 Å². The van der Waals surface area contributed by atoms with Crippen LogP contribution >= 0.6 is 0 Å². The van der Waals surface area contributed by atoms with Gasteiger partial charge in [-0.05, 0) is 42.7 Å². The molecule has 0 aliphatic heterocycles. The van der Waals surface area contributed by atoms with E-state index in [1.165, 1.54) is 10.9 Å². The predicted molar refractivity (Wildman–Crippen MR) is 96.1 cm³/mol. The van der Waals surface area contributed by atoms with Crippen molar-refractivity contribution in [2.24, 2.45) is 0 Å². The van der Waals surface area contributed by atoms with E-state index in [1.807, 2.05) is 32.0 Å². The van der Waals surface area contributed by atoms with Crippen LogP contribution in [0.25, 0.3) is 10.9 Å². The molecular weight excluding hydrogens is 336 g/mol. The number of quaternary nitrogens is 1. The summed E-state index contributed by atoms with van der Waals surface area (Å²) in [5, 5.41) is 23.7. The fraction of sp³-hybridized carbons (Fsp3) is 0.300. The average molecular weight is 361 g/mol. The number of H-pyrrole nitrogens is 1. The van der Waals surface area contributed by atoms with Gasteiger partial charge in [0.15, 0.2) is 0 Å². The number of hydrogen-bond donors (Lipinski definition) is 4. The number of halogens is 1. The van der Waals surface area contributed by atoms with Crippen LogP contribution in [0.4, 0.5) is 0 Å². The highest BCUT2D eigenvalue weighted by molar-refractivity contribution is 5.82. The molecule has 0 spiro atoms. The van der Waals surface area contributed by atoms with Crippen molar-refractivity contribution >= 4 is 10.9 Å². The summed E-state index contributed by atoms with van der Waals surface area (Å²) in [6, 6.07) is 13.7. The van der Waals surface area contributed by atoms with Crippen LogP contribution in [0.1, 0.15) is 29.7 Å². The van der Waals surface area contributed by atoms with Gasteiger partial charge in [-0.25, -0.2) is 0 Å². The zero-order valence-corrected chi connectivity index (χ0v) is 15.3. The Morgan fingerprint density at radius 1 is 1.16 bits per heavy atom. The lowest BCUT2D eigenvalue weighted by atomic mass is 10.0. The zero-order valence-electron chi connectivity index (χ0n) is 14.5. The van der Waals surface area contributed by atoms with E-state index in [-0.39, 0.29) is 24.2 Å². The maximum absolute atomic E-state index is 10.5. The number of phenolic OH excluding ortho intramolecular Hbond substituents is 1. The van der Waals surface area contributed by atoms with Crippen molar-refractivity contribution in [3.63, 3.8) is 0 Å². The molecular formula is C20H25ClN2O2. The molecule has 0 aliphatic rings. The van der Waals surface area contributed by atoms with Gasteiger partial charge >= 0.3 is 0 Å². The molecule has 1 aromatic heterocycles. The summed E-state index contributed by atoms with van der Waals surface area (Å²) in [5.74, 6) is 0.234. The van der Waals surface area contributed by atoms with E-state index in [2.05, 4.69) is 34.7 Å². The molecule has 5 heteroatoms. The minimum Gasteiger partial charge on any atom is -1.00 e. The van der Waals surface area contributed by atoms with E-state index >= 15 is 0 Å². The SMILES string of the molecule is Cc1ccc(C(O)C(C)[NH2+]CCc2c[nH]c3ccccc23)cc1O.[Cl-]. The molecule has 0 amide bonds. The number of hydrogen-bond acceptors (Lipinski definition) is 2. The highest BCUT2D eigenvalue weighted by Gasteiger charge is 2.20. The van der Waals surface area contributed by atoms with Crippen LogP contribution in [0.3, 0.4) is 0 Å². The third kappa shape index (κ3) is 4.34. The molecule has 0 fully saturated rings. The van der Waals surface area contributed by atoms with Crippen LogP contribution in [-0.4, -0.2) is 27.8 Å². The quantitative estimate of drug-likeness (QED) is 0.474. The van der Waals surface area contributed by atoms with Crippen LogP contribution < -0.4 is 17.7 Å². The Bertz CT molecular complexity index is 831. The number of phenols is 1. The van der Waals surface area contributed by atoms with Crippen LogP contribution in [0.2, 0.25) is 0 Å². The molecule has 1 heterocycles. The van der Waals surface area contributed by atoms with Gasteiger partial charge in [-0.3, -0.25) is 0 Å². The molecule has 4 nitrogen and oxygen atoms in total. The third-order valence-corrected chi connectivity index (χ3v) is 4.70. The molecule has 3 rings (SSSR count). The Morgan fingerprint density at radius 3 is 2.68 bits per heavy atom. The topological polar surface area (TPSA) is 72.9 Å². The average Bonchev–Trinajstić information content (AvgIpc) is 3.00. The number of aryl methyl sites for hydroxylation is 1. The molecule has 2 aromatic carbocycles. The molecule has 0 aliphatic carbocycles. The number of aliphatic hydroxyl groups is 1. The number of benzene rings is 2. The van der Waals surface area contributed by atoms with Crippen LogP contribution in [-0.2, 0) is 6.42 Å². The molecule has 0 radical (unpaired) electrons. The minimum atomic E-state index is -0.598. The van der Waals surface area contributed by atoms with Crippen LogP contribution in [0, 0.1) is 6.92 Å². The van der Waals surface area contributed by atoms with E-state index in [0.717, 1.165) is 29.6 Å². The summed E-state index contributed by atoms with van der Waals surface area (Å²) in [7, 11) is 0. The Hall–Kier alpha value is -2.01. The van der Waals surface area contributed by atoms with E-state index in [9.17, 15) is 10.2 Å². The summed E-state index contributed by atoms with van der Waals surface area (Å²) >= 11 is 0. The lowest BCUT2D eigenvalue weighted by molar-refractivity contribution is -0.694. The Morgan fingerprint density at radius 2 is 1.92 bits per heavy atom. The normalized spacial score (nSPS) is 13.4. The van der Waals surface area contributed by atoms with Gasteiger partial charge in [0.1, 0.15) is 17.9 Å². The first kappa shape index (κ1) is 19.3. The van der Waals surface area contributed by atoms with Crippen molar-refractivity contribution in [2.75, 3.05) is 6.54 Å². The summed E-state index contributed by atoms with van der Waals surface area (Å²) in [5.41, 5.74) is 4.04. The first-order chi connectivity index (χ1) is 11.6. The maximum atomic E-state index is 10.5. The van der Waals surface area contributed by atoms with Crippen LogP contribution in [0.5, 0.6) is 5.75 Å². The Labute approximate surface area is 154 Å². The molecule has 2 unspecified atom stereocenters. The van der Waals surface area contributed by atoms with Crippen molar-refractivity contribution in [3.05, 3.63) is 65.4 Å². The largest absolute Gasteiger partial charge is 1.00 e. The standard InChI is InChI=1S/C20H24N2O2.ClH/c1-13-7-8-15(11-19(13)23)20(24)14(2)21-10-9-16-12-22-18-6-4-3-5-17(16)18;/h3-8,11-12,14,20-24H,9-10H2,1-2H3;1H. The second-order valence-corrected chi connectivity index (χ2v) is 6.48. The molecule has 2 atom stereocenters. The smallest absolute Gasteiger partial charge is 0.130 e. The van der Waals surface area contributed by atoms with Gasteiger partial charge in [-0.1, -0.05) is 30.3 Å². The molecule has 5 N–H and O–H groups in total. The maximum Gasteiger partial charge on any atom is 0.130 e. The van der Waals surface area contributed by atoms with Crippen molar-refractivity contribution in [1.82, 2.24) is 4.98 Å². The number of nitrogens with one attached hydrogen (secondary N) is 1. The van der Waals surface area contributed by atoms with E-state index < -0.39 is 6.10 Å². The number of rotatable bonds is 6. The van der Waals surface area contributed by atoms with Gasteiger partial charge < -0.3 is 32.9 Å². The molecule has 25 heavy (non-hydrogen) atoms. The molecule has 0 saturated carbocycles. The minimum absolute atomic E-state index is 0. The van der Waals surface area contributed by atoms with Gasteiger partial charge in [-0.15, -0.1) is 0 Å².